The summed E-state index contributed by atoms with van der Waals surface area (Å²) in [5.74, 6) is -0.274. The first-order chi connectivity index (χ1) is 14.3. The van der Waals surface area contributed by atoms with E-state index >= 15 is 0 Å². The lowest BCUT2D eigenvalue weighted by atomic mass is 10.1. The maximum atomic E-state index is 13.4. The van der Waals surface area contributed by atoms with Crippen molar-refractivity contribution >= 4 is 33.9 Å². The highest BCUT2D eigenvalue weighted by Gasteiger charge is 2.24. The van der Waals surface area contributed by atoms with E-state index < -0.39 is 36.6 Å². The molecule has 7 nitrogen and oxygen atoms in total. The van der Waals surface area contributed by atoms with E-state index in [2.05, 4.69) is 20.4 Å². The lowest BCUT2D eigenvalue weighted by Crippen LogP contribution is -2.21. The highest BCUT2D eigenvalue weighted by molar-refractivity contribution is 5.92. The molecule has 1 amide bonds. The Morgan fingerprint density at radius 3 is 2.53 bits per heavy atom. The summed E-state index contributed by atoms with van der Waals surface area (Å²) in [6, 6.07) is 7.95. The minimum Gasteiger partial charge on any atom is -0.313 e. The van der Waals surface area contributed by atoms with Crippen LogP contribution >= 0.6 is 0 Å². The molecule has 0 spiro atoms. The number of rotatable bonds is 5. The van der Waals surface area contributed by atoms with Crippen molar-refractivity contribution in [1.29, 1.82) is 0 Å². The lowest BCUT2D eigenvalue weighted by Gasteiger charge is -2.08. The van der Waals surface area contributed by atoms with Gasteiger partial charge in [-0.05, 0) is 25.1 Å². The Hall–Kier alpha value is -3.50. The van der Waals surface area contributed by atoms with Crippen LogP contribution in [-0.2, 0) is 18.4 Å². The molecule has 1 N–H and O–H groups in total. The second-order valence-corrected chi connectivity index (χ2v) is 6.71. The molecule has 0 saturated carbocycles. The number of carbonyl (C=O) groups is 1. The van der Waals surface area contributed by atoms with Crippen molar-refractivity contribution in [2.24, 2.45) is 7.05 Å². The number of aryl methyl sites for hydroxylation is 2. The van der Waals surface area contributed by atoms with Gasteiger partial charge in [0.05, 0.1) is 22.1 Å². The van der Waals surface area contributed by atoms with Crippen molar-refractivity contribution in [2.75, 3.05) is 5.32 Å². The molecule has 4 rings (SSSR count). The summed E-state index contributed by atoms with van der Waals surface area (Å²) in [5.41, 5.74) is 0.0768. The van der Waals surface area contributed by atoms with Crippen molar-refractivity contribution in [1.82, 2.24) is 24.3 Å². The van der Waals surface area contributed by atoms with Crippen LogP contribution in [-0.4, -0.2) is 30.2 Å². The van der Waals surface area contributed by atoms with E-state index in [-0.39, 0.29) is 22.7 Å². The molecule has 0 bridgehead atoms. The Bertz CT molecular complexity index is 1260. The maximum absolute atomic E-state index is 13.4. The fraction of sp³-hybridized carbons (Fsp3) is 0.263. The SMILES string of the molecule is Cc1nn(CC(=O)Nc2nc3ccccc3n2C)c2nc(C(F)F)cc(C(F)F)c12. The Labute approximate surface area is 167 Å². The topological polar surface area (TPSA) is 77.6 Å². The average Bonchev–Trinajstić information content (AvgIpc) is 3.18. The summed E-state index contributed by atoms with van der Waals surface area (Å²) in [6.45, 7) is 1.05. The molecular weight excluding hydrogens is 404 g/mol. The Kier molecular flexibility index (Phi) is 4.88. The van der Waals surface area contributed by atoms with E-state index in [0.29, 0.717) is 11.6 Å². The summed E-state index contributed by atoms with van der Waals surface area (Å²) in [4.78, 5) is 20.6. The maximum Gasteiger partial charge on any atom is 0.280 e. The second kappa shape index (κ2) is 7.39. The van der Waals surface area contributed by atoms with Crippen LogP contribution in [0, 0.1) is 6.92 Å². The molecule has 0 aliphatic carbocycles. The van der Waals surface area contributed by atoms with E-state index in [0.717, 1.165) is 10.2 Å². The minimum absolute atomic E-state index is 0.0371. The predicted octanol–water partition coefficient (Wildman–Crippen LogP) is 4.14. The highest BCUT2D eigenvalue weighted by Crippen LogP contribution is 2.32. The van der Waals surface area contributed by atoms with E-state index in [1.54, 1.807) is 17.7 Å². The van der Waals surface area contributed by atoms with Gasteiger partial charge in [-0.15, -0.1) is 0 Å². The standard InChI is InChI=1S/C19H16F4N6O/c1-9-15-10(16(20)21)7-12(17(22)23)24-18(15)29(27-9)8-14(30)26-19-25-11-5-3-4-6-13(11)28(19)2/h3-7,16-17H,8H2,1-2H3,(H,25,26,30). The number of para-hydroxylation sites is 2. The van der Waals surface area contributed by atoms with Crippen molar-refractivity contribution in [3.05, 3.63) is 47.3 Å². The number of halogens is 4. The number of nitrogens with zero attached hydrogens (tertiary/aromatic N) is 5. The van der Waals surface area contributed by atoms with E-state index in [1.165, 1.54) is 6.92 Å². The van der Waals surface area contributed by atoms with Gasteiger partial charge >= 0.3 is 0 Å². The van der Waals surface area contributed by atoms with Gasteiger partial charge in [0.25, 0.3) is 12.9 Å². The first kappa shape index (κ1) is 19.8. The van der Waals surface area contributed by atoms with Gasteiger partial charge in [0, 0.05) is 12.6 Å². The number of nitrogens with one attached hydrogen (secondary N) is 1. The highest BCUT2D eigenvalue weighted by atomic mass is 19.3. The monoisotopic (exact) mass is 420 g/mol. The molecule has 0 saturated heterocycles. The van der Waals surface area contributed by atoms with Crippen LogP contribution in [0.4, 0.5) is 23.5 Å². The zero-order valence-corrected chi connectivity index (χ0v) is 15.9. The van der Waals surface area contributed by atoms with Gasteiger partial charge < -0.3 is 4.57 Å². The third kappa shape index (κ3) is 3.36. The number of anilines is 1. The number of amides is 1. The van der Waals surface area contributed by atoms with Crippen LogP contribution in [0.3, 0.4) is 0 Å². The molecule has 0 unspecified atom stereocenters. The molecule has 0 radical (unpaired) electrons. The van der Waals surface area contributed by atoms with Gasteiger partial charge in [0.15, 0.2) is 5.65 Å². The molecule has 0 aliphatic rings. The summed E-state index contributed by atoms with van der Waals surface area (Å²) < 4.78 is 55.9. The molecular formula is C19H16F4N6O. The van der Waals surface area contributed by atoms with Crippen molar-refractivity contribution in [3.8, 4) is 0 Å². The van der Waals surface area contributed by atoms with Crippen molar-refractivity contribution < 1.29 is 22.4 Å². The van der Waals surface area contributed by atoms with Gasteiger partial charge in [-0.1, -0.05) is 12.1 Å². The van der Waals surface area contributed by atoms with E-state index in [9.17, 15) is 22.4 Å². The number of imidazole rings is 1. The Balaban J connectivity index is 1.69. The number of alkyl halides is 4. The van der Waals surface area contributed by atoms with E-state index in [4.69, 9.17) is 0 Å². The van der Waals surface area contributed by atoms with Crippen LogP contribution in [0.2, 0.25) is 0 Å². The zero-order valence-electron chi connectivity index (χ0n) is 15.9. The molecule has 0 aliphatic heterocycles. The largest absolute Gasteiger partial charge is 0.313 e. The summed E-state index contributed by atoms with van der Waals surface area (Å²) in [5, 5.41) is 6.66. The first-order valence-electron chi connectivity index (χ1n) is 8.91. The molecule has 0 fully saturated rings. The number of benzene rings is 1. The summed E-state index contributed by atoms with van der Waals surface area (Å²) >= 11 is 0. The molecule has 11 heteroatoms. The second-order valence-electron chi connectivity index (χ2n) is 6.71. The zero-order chi connectivity index (χ0) is 21.6. The van der Waals surface area contributed by atoms with Crippen molar-refractivity contribution in [3.63, 3.8) is 0 Å². The molecule has 3 aromatic heterocycles. The first-order valence-corrected chi connectivity index (χ1v) is 8.91. The molecule has 3 heterocycles. The number of carbonyl (C=O) groups excluding carboxylic acids is 1. The number of hydrogen-bond donors (Lipinski definition) is 1. The Morgan fingerprint density at radius 2 is 1.87 bits per heavy atom. The van der Waals surface area contributed by atoms with Gasteiger partial charge in [0.1, 0.15) is 12.2 Å². The van der Waals surface area contributed by atoms with Crippen LogP contribution in [0.1, 0.15) is 29.8 Å². The number of aromatic nitrogens is 5. The number of hydrogen-bond acceptors (Lipinski definition) is 4. The number of fused-ring (bicyclic) bond motifs is 2. The summed E-state index contributed by atoms with van der Waals surface area (Å²) in [6.07, 6.45) is -6.03. The number of pyridine rings is 1. The molecule has 1 aromatic carbocycles. The van der Waals surface area contributed by atoms with Gasteiger partial charge in [-0.2, -0.15) is 5.10 Å². The molecule has 30 heavy (non-hydrogen) atoms. The molecule has 4 aromatic rings. The third-order valence-corrected chi connectivity index (χ3v) is 4.72. The van der Waals surface area contributed by atoms with Crippen LogP contribution in [0.25, 0.3) is 22.1 Å². The molecule has 156 valence electrons. The van der Waals surface area contributed by atoms with Gasteiger partial charge in [-0.3, -0.25) is 10.1 Å². The smallest absolute Gasteiger partial charge is 0.280 e. The quantitative estimate of drug-likeness (QED) is 0.493. The fourth-order valence-corrected chi connectivity index (χ4v) is 3.36. The average molecular weight is 420 g/mol. The van der Waals surface area contributed by atoms with Crippen molar-refractivity contribution in [2.45, 2.75) is 26.3 Å². The summed E-state index contributed by atoms with van der Waals surface area (Å²) in [7, 11) is 1.73. The Morgan fingerprint density at radius 1 is 1.13 bits per heavy atom. The lowest BCUT2D eigenvalue weighted by molar-refractivity contribution is -0.116. The fourth-order valence-electron chi connectivity index (χ4n) is 3.36. The predicted molar refractivity (Wildman–Crippen MR) is 102 cm³/mol. The van der Waals surface area contributed by atoms with Crippen LogP contribution < -0.4 is 5.32 Å². The minimum atomic E-state index is -3.04. The third-order valence-electron chi connectivity index (χ3n) is 4.72. The van der Waals surface area contributed by atoms with Gasteiger partial charge in [0.2, 0.25) is 11.9 Å². The normalized spacial score (nSPS) is 11.9. The van der Waals surface area contributed by atoms with Crippen LogP contribution in [0.5, 0.6) is 0 Å². The van der Waals surface area contributed by atoms with Crippen LogP contribution in [0.15, 0.2) is 30.3 Å². The van der Waals surface area contributed by atoms with Gasteiger partial charge in [-0.25, -0.2) is 32.2 Å². The molecule has 0 atom stereocenters. The van der Waals surface area contributed by atoms with E-state index in [1.807, 2.05) is 18.2 Å².